The van der Waals surface area contributed by atoms with Gasteiger partial charge in [0, 0.05) is 12.2 Å². The van der Waals surface area contributed by atoms with E-state index in [2.05, 4.69) is 10.0 Å². The highest BCUT2D eigenvalue weighted by atomic mass is 35.5. The van der Waals surface area contributed by atoms with Crippen LogP contribution in [-0.4, -0.2) is 21.4 Å². The molecule has 0 fully saturated rings. The molecule has 0 aliphatic heterocycles. The number of rotatable bonds is 7. The van der Waals surface area contributed by atoms with Crippen molar-refractivity contribution in [3.8, 4) is 5.75 Å². The number of carbonyl (C=O) groups excluding carboxylic acids is 1. The first kappa shape index (κ1) is 23.6. The Hall–Kier alpha value is -3.10. The molecule has 0 atom stereocenters. The van der Waals surface area contributed by atoms with Gasteiger partial charge in [0.25, 0.3) is 15.9 Å². The molecular formula is C23H22ClFN2O4S. The van der Waals surface area contributed by atoms with Crippen LogP contribution in [0.3, 0.4) is 0 Å². The average Bonchev–Trinajstić information content (AvgIpc) is 2.74. The van der Waals surface area contributed by atoms with Gasteiger partial charge in [-0.1, -0.05) is 23.7 Å². The number of aryl methyl sites for hydroxylation is 2. The monoisotopic (exact) mass is 476 g/mol. The molecule has 0 bridgehead atoms. The fourth-order valence-electron chi connectivity index (χ4n) is 2.96. The van der Waals surface area contributed by atoms with Crippen LogP contribution < -0.4 is 14.8 Å². The van der Waals surface area contributed by atoms with E-state index in [4.69, 9.17) is 16.3 Å². The van der Waals surface area contributed by atoms with Crippen molar-refractivity contribution in [3.05, 3.63) is 87.7 Å². The molecule has 0 unspecified atom stereocenters. The van der Waals surface area contributed by atoms with E-state index < -0.39 is 21.7 Å². The minimum Gasteiger partial charge on any atom is -0.494 e. The van der Waals surface area contributed by atoms with Gasteiger partial charge in [0.15, 0.2) is 11.6 Å². The Labute approximate surface area is 191 Å². The summed E-state index contributed by atoms with van der Waals surface area (Å²) in [6.45, 7) is 3.83. The van der Waals surface area contributed by atoms with E-state index in [0.717, 1.165) is 11.1 Å². The summed E-state index contributed by atoms with van der Waals surface area (Å²) in [5.41, 5.74) is 2.89. The molecule has 0 aliphatic carbocycles. The SMILES string of the molecule is COc1ccc(CNC(=O)c2cc(S(=O)(=O)Nc3ccc(C)c(C)c3)ccc2Cl)cc1F. The summed E-state index contributed by atoms with van der Waals surface area (Å²) in [7, 11) is -2.59. The van der Waals surface area contributed by atoms with Gasteiger partial charge in [-0.05, 0) is 73.0 Å². The number of sulfonamides is 1. The van der Waals surface area contributed by atoms with E-state index >= 15 is 0 Å². The number of ether oxygens (including phenoxy) is 1. The van der Waals surface area contributed by atoms with Gasteiger partial charge < -0.3 is 10.1 Å². The van der Waals surface area contributed by atoms with E-state index in [1.165, 1.54) is 37.4 Å². The van der Waals surface area contributed by atoms with Gasteiger partial charge in [0.2, 0.25) is 0 Å². The van der Waals surface area contributed by atoms with Gasteiger partial charge in [0.05, 0.1) is 22.6 Å². The lowest BCUT2D eigenvalue weighted by Crippen LogP contribution is -2.24. The summed E-state index contributed by atoms with van der Waals surface area (Å²) in [4.78, 5) is 12.5. The van der Waals surface area contributed by atoms with Crippen LogP contribution >= 0.6 is 11.6 Å². The first-order chi connectivity index (χ1) is 15.1. The molecular weight excluding hydrogens is 455 g/mol. The number of hydrogen-bond donors (Lipinski definition) is 2. The lowest BCUT2D eigenvalue weighted by Gasteiger charge is -2.12. The molecule has 0 radical (unpaired) electrons. The molecule has 1 amide bonds. The van der Waals surface area contributed by atoms with E-state index in [-0.39, 0.29) is 27.8 Å². The third-order valence-corrected chi connectivity index (χ3v) is 6.63. The predicted octanol–water partition coefficient (Wildman–Crippen LogP) is 4.84. The fourth-order valence-corrected chi connectivity index (χ4v) is 4.24. The fraction of sp³-hybridized carbons (Fsp3) is 0.174. The van der Waals surface area contributed by atoms with Crippen molar-refractivity contribution in [2.75, 3.05) is 11.8 Å². The minimum absolute atomic E-state index is 0.0105. The lowest BCUT2D eigenvalue weighted by molar-refractivity contribution is 0.0950. The summed E-state index contributed by atoms with van der Waals surface area (Å²) in [5, 5.41) is 2.71. The molecule has 0 spiro atoms. The predicted molar refractivity (Wildman–Crippen MR) is 122 cm³/mol. The van der Waals surface area contributed by atoms with Crippen molar-refractivity contribution in [3.63, 3.8) is 0 Å². The molecule has 0 aromatic heterocycles. The van der Waals surface area contributed by atoms with Crippen molar-refractivity contribution >= 4 is 33.2 Å². The van der Waals surface area contributed by atoms with Crippen LogP contribution in [-0.2, 0) is 16.6 Å². The van der Waals surface area contributed by atoms with E-state index in [1.807, 2.05) is 19.9 Å². The van der Waals surface area contributed by atoms with Crippen LogP contribution in [0.25, 0.3) is 0 Å². The maximum Gasteiger partial charge on any atom is 0.261 e. The first-order valence-electron chi connectivity index (χ1n) is 9.61. The van der Waals surface area contributed by atoms with Gasteiger partial charge in [-0.25, -0.2) is 12.8 Å². The Morgan fingerprint density at radius 3 is 2.44 bits per heavy atom. The number of hydrogen-bond acceptors (Lipinski definition) is 4. The number of benzene rings is 3. The molecule has 3 aromatic rings. The normalized spacial score (nSPS) is 11.2. The largest absolute Gasteiger partial charge is 0.494 e. The van der Waals surface area contributed by atoms with Gasteiger partial charge >= 0.3 is 0 Å². The van der Waals surface area contributed by atoms with Crippen LogP contribution in [0.15, 0.2) is 59.5 Å². The van der Waals surface area contributed by atoms with Crippen molar-refractivity contribution in [2.45, 2.75) is 25.3 Å². The molecule has 3 rings (SSSR count). The number of carbonyl (C=O) groups is 1. The maximum atomic E-state index is 13.8. The summed E-state index contributed by atoms with van der Waals surface area (Å²) in [6, 6.07) is 13.4. The number of anilines is 1. The molecule has 0 aliphatic rings. The summed E-state index contributed by atoms with van der Waals surface area (Å²) in [6.07, 6.45) is 0. The van der Waals surface area contributed by atoms with Crippen LogP contribution in [0.1, 0.15) is 27.0 Å². The van der Waals surface area contributed by atoms with Crippen molar-refractivity contribution in [1.29, 1.82) is 0 Å². The van der Waals surface area contributed by atoms with E-state index in [1.54, 1.807) is 18.2 Å². The van der Waals surface area contributed by atoms with E-state index in [9.17, 15) is 17.6 Å². The van der Waals surface area contributed by atoms with Crippen LogP contribution in [0, 0.1) is 19.7 Å². The molecule has 3 aromatic carbocycles. The maximum absolute atomic E-state index is 13.8. The van der Waals surface area contributed by atoms with Crippen molar-refractivity contribution in [2.24, 2.45) is 0 Å². The van der Waals surface area contributed by atoms with Gasteiger partial charge in [-0.15, -0.1) is 0 Å². The number of halogens is 2. The smallest absolute Gasteiger partial charge is 0.261 e. The number of amides is 1. The van der Waals surface area contributed by atoms with Crippen LogP contribution in [0.4, 0.5) is 10.1 Å². The zero-order valence-corrected chi connectivity index (χ0v) is 19.3. The van der Waals surface area contributed by atoms with Gasteiger partial charge in [-0.3, -0.25) is 9.52 Å². The summed E-state index contributed by atoms with van der Waals surface area (Å²) < 4.78 is 46.9. The Bertz CT molecular complexity index is 1280. The molecule has 0 saturated heterocycles. The van der Waals surface area contributed by atoms with Crippen LogP contribution in [0.2, 0.25) is 5.02 Å². The highest BCUT2D eigenvalue weighted by molar-refractivity contribution is 7.92. The molecule has 0 saturated carbocycles. The number of nitrogens with one attached hydrogen (secondary N) is 2. The second kappa shape index (κ2) is 9.58. The third-order valence-electron chi connectivity index (χ3n) is 4.92. The Balaban J connectivity index is 1.78. The molecule has 6 nitrogen and oxygen atoms in total. The van der Waals surface area contributed by atoms with E-state index in [0.29, 0.717) is 11.3 Å². The second-order valence-electron chi connectivity index (χ2n) is 7.20. The second-order valence-corrected chi connectivity index (χ2v) is 9.29. The Morgan fingerprint density at radius 1 is 1.03 bits per heavy atom. The molecule has 168 valence electrons. The topological polar surface area (TPSA) is 84.5 Å². The average molecular weight is 477 g/mol. The molecule has 9 heteroatoms. The molecule has 2 N–H and O–H groups in total. The highest BCUT2D eigenvalue weighted by Gasteiger charge is 2.19. The zero-order valence-electron chi connectivity index (χ0n) is 17.7. The summed E-state index contributed by atoms with van der Waals surface area (Å²) >= 11 is 6.13. The molecule has 0 heterocycles. The zero-order chi connectivity index (χ0) is 23.5. The Kier molecular flexibility index (Phi) is 7.06. The third kappa shape index (κ3) is 5.38. The standard InChI is InChI=1S/C23H22ClFN2O4S/c1-14-4-6-17(10-15(14)2)27-32(29,30)18-7-8-20(24)19(12-18)23(28)26-13-16-5-9-22(31-3)21(25)11-16/h4-12,27H,13H2,1-3H3,(H,26,28). The minimum atomic E-state index is -3.95. The highest BCUT2D eigenvalue weighted by Crippen LogP contribution is 2.24. The number of methoxy groups -OCH3 is 1. The van der Waals surface area contributed by atoms with Gasteiger partial charge in [-0.2, -0.15) is 0 Å². The summed E-state index contributed by atoms with van der Waals surface area (Å²) in [5.74, 6) is -1.05. The van der Waals surface area contributed by atoms with Crippen LogP contribution in [0.5, 0.6) is 5.75 Å². The first-order valence-corrected chi connectivity index (χ1v) is 11.5. The Morgan fingerprint density at radius 2 is 1.78 bits per heavy atom. The lowest BCUT2D eigenvalue weighted by atomic mass is 10.1. The molecule has 32 heavy (non-hydrogen) atoms. The van der Waals surface area contributed by atoms with Crippen molar-refractivity contribution < 1.29 is 22.3 Å². The van der Waals surface area contributed by atoms with Crippen molar-refractivity contribution in [1.82, 2.24) is 5.32 Å². The quantitative estimate of drug-likeness (QED) is 0.511. The van der Waals surface area contributed by atoms with Gasteiger partial charge in [0.1, 0.15) is 0 Å².